The van der Waals surface area contributed by atoms with Crippen LogP contribution in [0.15, 0.2) is 18.2 Å². The highest BCUT2D eigenvalue weighted by atomic mass is 19.1. The molecule has 0 heterocycles. The molecule has 0 radical (unpaired) electrons. The number of nitrogen functional groups attached to an aromatic ring is 1. The summed E-state index contributed by atoms with van der Waals surface area (Å²) in [6.07, 6.45) is 2.35. The number of carbonyl (C=O) groups excluding carboxylic acids is 1. The Morgan fingerprint density at radius 2 is 2.28 bits per heavy atom. The van der Waals surface area contributed by atoms with Gasteiger partial charge in [0.1, 0.15) is 5.82 Å². The van der Waals surface area contributed by atoms with Crippen molar-refractivity contribution in [2.45, 2.75) is 19.8 Å². The summed E-state index contributed by atoms with van der Waals surface area (Å²) in [7, 11) is 0. The van der Waals surface area contributed by atoms with Crippen molar-refractivity contribution in [1.29, 1.82) is 0 Å². The third kappa shape index (κ3) is 2.61. The van der Waals surface area contributed by atoms with E-state index in [0.717, 1.165) is 6.54 Å². The highest BCUT2D eigenvalue weighted by Gasteiger charge is 2.27. The third-order valence-electron chi connectivity index (χ3n) is 3.23. The quantitative estimate of drug-likeness (QED) is 0.621. The van der Waals surface area contributed by atoms with Gasteiger partial charge in [-0.1, -0.05) is 6.07 Å². The van der Waals surface area contributed by atoms with Crippen LogP contribution in [0.4, 0.5) is 10.1 Å². The number of hydrogen-bond acceptors (Lipinski definition) is 3. The van der Waals surface area contributed by atoms with Gasteiger partial charge in [0.05, 0.1) is 11.3 Å². The smallest absolute Gasteiger partial charge is 0.256 e. The van der Waals surface area contributed by atoms with Crippen LogP contribution in [0.3, 0.4) is 0 Å². The molecule has 18 heavy (non-hydrogen) atoms. The second kappa shape index (κ2) is 5.35. The van der Waals surface area contributed by atoms with Gasteiger partial charge in [-0.3, -0.25) is 10.6 Å². The molecule has 1 fully saturated rings. The first-order valence-electron chi connectivity index (χ1n) is 6.21. The van der Waals surface area contributed by atoms with E-state index < -0.39 is 5.82 Å². The number of nitrogens with one attached hydrogen (secondary N) is 1. The van der Waals surface area contributed by atoms with Crippen molar-refractivity contribution < 1.29 is 9.18 Å². The number of para-hydroxylation sites is 1. The van der Waals surface area contributed by atoms with E-state index in [0.29, 0.717) is 18.0 Å². The molecule has 3 N–H and O–H groups in total. The Bertz CT molecular complexity index is 446. The Kier molecular flexibility index (Phi) is 3.81. The van der Waals surface area contributed by atoms with E-state index in [1.807, 2.05) is 6.92 Å². The van der Waals surface area contributed by atoms with Crippen molar-refractivity contribution >= 4 is 11.6 Å². The lowest BCUT2D eigenvalue weighted by molar-refractivity contribution is 0.0757. The van der Waals surface area contributed by atoms with E-state index >= 15 is 0 Å². The van der Waals surface area contributed by atoms with Gasteiger partial charge in [-0.25, -0.2) is 4.39 Å². The van der Waals surface area contributed by atoms with Crippen molar-refractivity contribution in [2.24, 2.45) is 11.8 Å². The number of amides is 1. The van der Waals surface area contributed by atoms with Crippen molar-refractivity contribution in [3.8, 4) is 0 Å². The topological polar surface area (TPSA) is 58.4 Å². The highest BCUT2D eigenvalue weighted by Crippen LogP contribution is 2.30. The molecule has 0 saturated heterocycles. The average molecular weight is 251 g/mol. The minimum atomic E-state index is -0.508. The minimum Gasteiger partial charge on any atom is -0.339 e. The molecule has 1 amide bonds. The standard InChI is InChI=1S/C13H18FN3O/c1-2-17(8-9-6-7-9)13(18)10-4-3-5-11(14)12(10)16-15/h3-5,9,16H,2,6-8,15H2,1H3. The SMILES string of the molecule is CCN(CC1CC1)C(=O)c1cccc(F)c1NN. The van der Waals surface area contributed by atoms with Crippen LogP contribution in [0.25, 0.3) is 0 Å². The lowest BCUT2D eigenvalue weighted by atomic mass is 10.1. The normalized spacial score (nSPS) is 14.4. The monoisotopic (exact) mass is 251 g/mol. The average Bonchev–Trinajstić information content (AvgIpc) is 3.18. The molecule has 0 unspecified atom stereocenters. The molecule has 0 bridgehead atoms. The van der Waals surface area contributed by atoms with E-state index in [1.54, 1.807) is 11.0 Å². The van der Waals surface area contributed by atoms with E-state index in [1.165, 1.54) is 25.0 Å². The molecule has 1 aliphatic rings. The molecule has 98 valence electrons. The van der Waals surface area contributed by atoms with Crippen LogP contribution < -0.4 is 11.3 Å². The zero-order valence-corrected chi connectivity index (χ0v) is 10.4. The van der Waals surface area contributed by atoms with Crippen LogP contribution in [0, 0.1) is 11.7 Å². The number of hydrazine groups is 1. The van der Waals surface area contributed by atoms with Crippen molar-refractivity contribution in [3.05, 3.63) is 29.6 Å². The number of rotatable bonds is 5. The molecule has 1 aliphatic carbocycles. The van der Waals surface area contributed by atoms with Crippen molar-refractivity contribution in [1.82, 2.24) is 4.90 Å². The van der Waals surface area contributed by atoms with Gasteiger partial charge >= 0.3 is 0 Å². The zero-order valence-electron chi connectivity index (χ0n) is 10.4. The van der Waals surface area contributed by atoms with Gasteiger partial charge < -0.3 is 10.3 Å². The third-order valence-corrected chi connectivity index (χ3v) is 3.23. The molecule has 1 aromatic rings. The number of nitrogens with zero attached hydrogens (tertiary/aromatic N) is 1. The van der Waals surface area contributed by atoms with Crippen molar-refractivity contribution in [3.63, 3.8) is 0 Å². The van der Waals surface area contributed by atoms with Gasteiger partial charge in [-0.05, 0) is 37.8 Å². The summed E-state index contributed by atoms with van der Waals surface area (Å²) in [6.45, 7) is 3.29. The Morgan fingerprint density at radius 1 is 1.56 bits per heavy atom. The second-order valence-corrected chi connectivity index (χ2v) is 4.59. The van der Waals surface area contributed by atoms with E-state index in [4.69, 9.17) is 5.84 Å². The van der Waals surface area contributed by atoms with Crippen LogP contribution in [0.5, 0.6) is 0 Å². The Hall–Kier alpha value is -1.62. The number of nitrogens with two attached hydrogens (primary N) is 1. The first kappa shape index (κ1) is 12.8. The molecule has 0 aromatic heterocycles. The number of hydrogen-bond donors (Lipinski definition) is 2. The highest BCUT2D eigenvalue weighted by molar-refractivity contribution is 5.99. The molecule has 1 aromatic carbocycles. The molecule has 0 aliphatic heterocycles. The molecule has 0 spiro atoms. The lowest BCUT2D eigenvalue weighted by Gasteiger charge is -2.22. The fourth-order valence-electron chi connectivity index (χ4n) is 1.99. The number of benzene rings is 1. The Labute approximate surface area is 106 Å². The molecular weight excluding hydrogens is 233 g/mol. The van der Waals surface area contributed by atoms with E-state index in [9.17, 15) is 9.18 Å². The van der Waals surface area contributed by atoms with Crippen LogP contribution in [-0.4, -0.2) is 23.9 Å². The van der Waals surface area contributed by atoms with E-state index in [-0.39, 0.29) is 11.6 Å². The number of carbonyl (C=O) groups is 1. The molecule has 4 nitrogen and oxygen atoms in total. The Morgan fingerprint density at radius 3 is 2.83 bits per heavy atom. The maximum atomic E-state index is 13.5. The number of anilines is 1. The maximum absolute atomic E-state index is 13.5. The maximum Gasteiger partial charge on any atom is 0.256 e. The summed E-state index contributed by atoms with van der Waals surface area (Å²) in [6, 6.07) is 4.40. The van der Waals surface area contributed by atoms with Crippen LogP contribution in [-0.2, 0) is 0 Å². The summed E-state index contributed by atoms with van der Waals surface area (Å²) in [5.41, 5.74) is 2.63. The summed E-state index contributed by atoms with van der Waals surface area (Å²) in [4.78, 5) is 14.1. The summed E-state index contributed by atoms with van der Waals surface area (Å²) in [5.74, 6) is 5.21. The molecule has 1 saturated carbocycles. The molecule has 2 rings (SSSR count). The molecule has 0 atom stereocenters. The zero-order chi connectivity index (χ0) is 13.1. The predicted molar refractivity (Wildman–Crippen MR) is 68.5 cm³/mol. The summed E-state index contributed by atoms with van der Waals surface area (Å²) >= 11 is 0. The molecular formula is C13H18FN3O. The lowest BCUT2D eigenvalue weighted by Crippen LogP contribution is -2.33. The Balaban J connectivity index is 2.22. The van der Waals surface area contributed by atoms with Crippen LogP contribution in [0.2, 0.25) is 0 Å². The predicted octanol–water partition coefficient (Wildman–Crippen LogP) is 1.98. The minimum absolute atomic E-state index is 0.0664. The van der Waals surface area contributed by atoms with Gasteiger partial charge in [0.25, 0.3) is 5.91 Å². The number of halogens is 1. The molecule has 5 heteroatoms. The van der Waals surface area contributed by atoms with Gasteiger partial charge in [0, 0.05) is 13.1 Å². The van der Waals surface area contributed by atoms with Gasteiger partial charge in [0.15, 0.2) is 0 Å². The summed E-state index contributed by atoms with van der Waals surface area (Å²) in [5, 5.41) is 0. The fraction of sp³-hybridized carbons (Fsp3) is 0.462. The largest absolute Gasteiger partial charge is 0.339 e. The van der Waals surface area contributed by atoms with Gasteiger partial charge in [-0.2, -0.15) is 0 Å². The van der Waals surface area contributed by atoms with Gasteiger partial charge in [0.2, 0.25) is 0 Å². The fourth-order valence-corrected chi connectivity index (χ4v) is 1.99. The van der Waals surface area contributed by atoms with Gasteiger partial charge in [-0.15, -0.1) is 0 Å². The second-order valence-electron chi connectivity index (χ2n) is 4.59. The first-order valence-corrected chi connectivity index (χ1v) is 6.21. The van der Waals surface area contributed by atoms with E-state index in [2.05, 4.69) is 5.43 Å². The van der Waals surface area contributed by atoms with Crippen molar-refractivity contribution in [2.75, 3.05) is 18.5 Å². The summed E-state index contributed by atoms with van der Waals surface area (Å²) < 4.78 is 13.5. The van der Waals surface area contributed by atoms with Crippen LogP contribution in [0.1, 0.15) is 30.1 Å². The first-order chi connectivity index (χ1) is 8.67. The van der Waals surface area contributed by atoms with Crippen LogP contribution >= 0.6 is 0 Å².